The molecule has 0 aliphatic carbocycles. The summed E-state index contributed by atoms with van der Waals surface area (Å²) in [6.45, 7) is 1.97. The van der Waals surface area contributed by atoms with E-state index in [0.717, 1.165) is 33.8 Å². The quantitative estimate of drug-likeness (QED) is 0.182. The summed E-state index contributed by atoms with van der Waals surface area (Å²) in [5.74, 6) is 0.659. The number of alkyl halides is 3. The fraction of sp³-hybridized carbons (Fsp3) is 0.133. The minimum absolute atomic E-state index is 0.195. The second-order valence-corrected chi connectivity index (χ2v) is 11.9. The predicted molar refractivity (Wildman–Crippen MR) is 169 cm³/mol. The molecular formula is C30H24F3N11O3S. The van der Waals surface area contributed by atoms with E-state index in [0.29, 0.717) is 28.3 Å². The van der Waals surface area contributed by atoms with E-state index >= 15 is 0 Å². The Hall–Kier alpha value is -6.04. The minimum atomic E-state index is -5.79. The summed E-state index contributed by atoms with van der Waals surface area (Å²) in [5, 5.41) is 19.4. The van der Waals surface area contributed by atoms with E-state index in [2.05, 4.69) is 44.8 Å². The molecule has 0 unspecified atom stereocenters. The highest BCUT2D eigenvalue weighted by Gasteiger charge is 2.48. The van der Waals surface area contributed by atoms with Crippen LogP contribution in [0.25, 0.3) is 44.3 Å². The molecule has 0 amide bonds. The first-order valence-corrected chi connectivity index (χ1v) is 15.3. The van der Waals surface area contributed by atoms with E-state index in [1.165, 1.54) is 23.1 Å². The van der Waals surface area contributed by atoms with Crippen LogP contribution in [-0.2, 0) is 24.2 Å². The molecule has 0 aliphatic heterocycles. The number of fused-ring (bicyclic) bond motifs is 2. The molecule has 7 aromatic rings. The molecule has 7 heterocycles. The Morgan fingerprint density at radius 3 is 1.90 bits per heavy atom. The molecule has 0 saturated carbocycles. The van der Waals surface area contributed by atoms with Crippen LogP contribution in [-0.4, -0.2) is 63.6 Å². The highest BCUT2D eigenvalue weighted by molar-refractivity contribution is 7.87. The molecule has 48 heavy (non-hydrogen) atoms. The van der Waals surface area contributed by atoms with Crippen LogP contribution in [0.15, 0.2) is 85.8 Å². The summed E-state index contributed by atoms with van der Waals surface area (Å²) in [7, 11) is -2.20. The number of pyridine rings is 4. The average Bonchev–Trinajstić information content (AvgIpc) is 3.68. The number of hydrogen-bond acceptors (Lipinski definition) is 12. The lowest BCUT2D eigenvalue weighted by Gasteiger charge is -2.09. The predicted octanol–water partition coefficient (Wildman–Crippen LogP) is 5.13. The van der Waals surface area contributed by atoms with Crippen molar-refractivity contribution < 1.29 is 25.8 Å². The van der Waals surface area contributed by atoms with Gasteiger partial charge in [-0.15, -0.1) is 5.10 Å². The molecule has 0 saturated heterocycles. The number of nitrogens with one attached hydrogen (secondary N) is 1. The van der Waals surface area contributed by atoms with Gasteiger partial charge in [0, 0.05) is 67.2 Å². The molecule has 0 atom stereocenters. The number of halogens is 3. The van der Waals surface area contributed by atoms with Crippen molar-refractivity contribution in [1.82, 2.24) is 49.7 Å². The Morgan fingerprint density at radius 2 is 1.35 bits per heavy atom. The van der Waals surface area contributed by atoms with Gasteiger partial charge in [0.05, 0.1) is 35.1 Å². The third-order valence-corrected chi connectivity index (χ3v) is 7.66. The van der Waals surface area contributed by atoms with Crippen molar-refractivity contribution in [3.8, 4) is 28.1 Å². The van der Waals surface area contributed by atoms with E-state index in [1.807, 2.05) is 50.6 Å². The van der Waals surface area contributed by atoms with E-state index in [-0.39, 0.29) is 5.52 Å². The van der Waals surface area contributed by atoms with Gasteiger partial charge in [-0.05, 0) is 48.9 Å². The van der Waals surface area contributed by atoms with Gasteiger partial charge < -0.3 is 9.50 Å². The molecule has 14 nitrogen and oxygen atoms in total. The van der Waals surface area contributed by atoms with Crippen LogP contribution in [0.3, 0.4) is 0 Å². The number of anilines is 2. The third kappa shape index (κ3) is 6.87. The van der Waals surface area contributed by atoms with E-state index in [9.17, 15) is 21.6 Å². The fourth-order valence-corrected chi connectivity index (χ4v) is 4.96. The molecule has 7 rings (SSSR count). The zero-order valence-electron chi connectivity index (χ0n) is 25.3. The van der Waals surface area contributed by atoms with Gasteiger partial charge in [-0.25, -0.2) is 9.97 Å². The van der Waals surface area contributed by atoms with Crippen LogP contribution in [0.5, 0.6) is 5.88 Å². The molecule has 18 heteroatoms. The van der Waals surface area contributed by atoms with Crippen molar-refractivity contribution in [2.75, 3.05) is 5.32 Å². The number of nitrogens with zero attached hydrogens (tertiary/aromatic N) is 10. The van der Waals surface area contributed by atoms with E-state index in [4.69, 9.17) is 4.98 Å². The standard InChI is InChI=1S/C17H15N7.C13H9F3N4O3S/c1-11-7-16(23-19-8-11)21-15-4-3-14-17(22-15)13(5-6-18-14)12-9-20-24(2)10-12;1-20-7-8(6-18-20)9-4-5-17-10-2-3-11(19-12(9)10)23-24(21,22)13(14,15)16/h3-10H,1-2H3,(H,21,22,23);2-7H,1H3. The summed E-state index contributed by atoms with van der Waals surface area (Å²) >= 11 is 0. The first-order valence-electron chi connectivity index (χ1n) is 13.9. The first-order chi connectivity index (χ1) is 22.9. The Morgan fingerprint density at radius 1 is 0.771 bits per heavy atom. The molecule has 0 fully saturated rings. The molecule has 7 aromatic heterocycles. The van der Waals surface area contributed by atoms with Crippen molar-refractivity contribution >= 4 is 43.8 Å². The molecule has 0 aliphatic rings. The first kappa shape index (κ1) is 31.9. The maximum Gasteiger partial charge on any atom is 0.534 e. The number of aromatic nitrogens is 10. The monoisotopic (exact) mass is 675 g/mol. The Kier molecular flexibility index (Phi) is 8.40. The minimum Gasteiger partial charge on any atom is -0.355 e. The average molecular weight is 676 g/mol. The third-order valence-electron chi connectivity index (χ3n) is 6.70. The number of aryl methyl sites for hydroxylation is 3. The fourth-order valence-electron chi connectivity index (χ4n) is 4.55. The molecule has 0 spiro atoms. The second-order valence-electron chi connectivity index (χ2n) is 10.3. The largest absolute Gasteiger partial charge is 0.534 e. The van der Waals surface area contributed by atoms with Crippen molar-refractivity contribution in [3.63, 3.8) is 0 Å². The molecule has 0 aromatic carbocycles. The van der Waals surface area contributed by atoms with Gasteiger partial charge in [-0.3, -0.25) is 19.3 Å². The van der Waals surface area contributed by atoms with Crippen LogP contribution in [0.1, 0.15) is 5.56 Å². The Bertz CT molecular complexity index is 2380. The lowest BCUT2D eigenvalue weighted by molar-refractivity contribution is -0.0501. The highest BCUT2D eigenvalue weighted by atomic mass is 32.2. The molecular weight excluding hydrogens is 651 g/mol. The topological polar surface area (TPSA) is 168 Å². The van der Waals surface area contributed by atoms with Crippen molar-refractivity contribution in [3.05, 3.63) is 91.4 Å². The molecule has 1 N–H and O–H groups in total. The Labute approximate surface area is 270 Å². The van der Waals surface area contributed by atoms with Crippen LogP contribution in [0.4, 0.5) is 24.8 Å². The molecule has 244 valence electrons. The number of hydrogen-bond donors (Lipinski definition) is 1. The Balaban J connectivity index is 0.000000167. The SMILES string of the molecule is Cc1cnnc(Nc2ccc3nccc(-c4cnn(C)c4)c3n2)c1.Cn1cc(-c2ccnc3ccc(OS(=O)(=O)C(F)(F)F)nc23)cn1. The van der Waals surface area contributed by atoms with Crippen LogP contribution >= 0.6 is 0 Å². The smallest absolute Gasteiger partial charge is 0.355 e. The van der Waals surface area contributed by atoms with E-state index in [1.54, 1.807) is 36.4 Å². The summed E-state index contributed by atoms with van der Waals surface area (Å²) in [6.07, 6.45) is 12.0. The van der Waals surface area contributed by atoms with Gasteiger partial charge in [-0.1, -0.05) is 0 Å². The zero-order valence-corrected chi connectivity index (χ0v) is 26.1. The van der Waals surface area contributed by atoms with Gasteiger partial charge in [0.15, 0.2) is 5.82 Å². The summed E-state index contributed by atoms with van der Waals surface area (Å²) in [5.41, 5.74) is 0.881. The lowest BCUT2D eigenvalue weighted by atomic mass is 10.1. The van der Waals surface area contributed by atoms with Gasteiger partial charge in [-0.2, -0.15) is 36.9 Å². The van der Waals surface area contributed by atoms with Crippen molar-refractivity contribution in [1.29, 1.82) is 0 Å². The maximum absolute atomic E-state index is 12.4. The normalized spacial score (nSPS) is 11.7. The summed E-state index contributed by atoms with van der Waals surface area (Å²) in [4.78, 5) is 17.0. The van der Waals surface area contributed by atoms with Gasteiger partial charge in [0.1, 0.15) is 11.3 Å². The highest BCUT2D eigenvalue weighted by Crippen LogP contribution is 2.30. The summed E-state index contributed by atoms with van der Waals surface area (Å²) < 4.78 is 66.8. The van der Waals surface area contributed by atoms with Crippen LogP contribution in [0, 0.1) is 6.92 Å². The molecule has 0 radical (unpaired) electrons. The summed E-state index contributed by atoms with van der Waals surface area (Å²) in [6, 6.07) is 11.6. The number of rotatable bonds is 6. The van der Waals surface area contributed by atoms with Crippen molar-refractivity contribution in [2.45, 2.75) is 12.4 Å². The molecule has 0 bridgehead atoms. The van der Waals surface area contributed by atoms with Crippen LogP contribution < -0.4 is 9.50 Å². The van der Waals surface area contributed by atoms with E-state index < -0.39 is 21.5 Å². The second kappa shape index (κ2) is 12.6. The lowest BCUT2D eigenvalue weighted by Crippen LogP contribution is -2.28. The van der Waals surface area contributed by atoms with Crippen LogP contribution in [0.2, 0.25) is 0 Å². The van der Waals surface area contributed by atoms with Crippen molar-refractivity contribution in [2.24, 2.45) is 14.1 Å². The van der Waals surface area contributed by atoms with Gasteiger partial charge >= 0.3 is 15.6 Å². The van der Waals surface area contributed by atoms with Gasteiger partial charge in [0.2, 0.25) is 5.88 Å². The zero-order chi connectivity index (χ0) is 34.1. The maximum atomic E-state index is 12.4. The van der Waals surface area contributed by atoms with Gasteiger partial charge in [0.25, 0.3) is 0 Å².